The Hall–Kier alpha value is -2.26. The molecule has 0 aromatic heterocycles. The zero-order valence-corrected chi connectivity index (χ0v) is 10.8. The van der Waals surface area contributed by atoms with Gasteiger partial charge in [0.05, 0.1) is 13.2 Å². The van der Waals surface area contributed by atoms with E-state index in [9.17, 15) is 9.59 Å². The summed E-state index contributed by atoms with van der Waals surface area (Å²) in [5, 5.41) is 3.68. The van der Waals surface area contributed by atoms with Crippen molar-refractivity contribution in [3.8, 4) is 0 Å². The molecule has 0 atom stereocenters. The molecule has 98 valence electrons. The molecular weight excluding hydrogens is 270 g/mol. The highest BCUT2D eigenvalue weighted by Crippen LogP contribution is 2.26. The van der Waals surface area contributed by atoms with Crippen LogP contribution in [0.4, 0.5) is 0 Å². The minimum Gasteiger partial charge on any atom is -0.462 e. The fraction of sp³-hybridized carbons (Fsp3) is 0.250. The topological polar surface area (TPSA) is 92.1 Å². The van der Waals surface area contributed by atoms with E-state index < -0.39 is 5.97 Å². The van der Waals surface area contributed by atoms with Gasteiger partial charge in [-0.05, 0) is 24.1 Å². The average Bonchev–Trinajstić information content (AvgIpc) is 2.39. The molecule has 7 heteroatoms. The quantitative estimate of drug-likeness (QED) is 0.207. The molecule has 0 aliphatic carbocycles. The van der Waals surface area contributed by atoms with Crippen LogP contribution in [0.25, 0.3) is 16.0 Å². The van der Waals surface area contributed by atoms with Crippen molar-refractivity contribution >= 4 is 29.1 Å². The lowest BCUT2D eigenvalue weighted by Gasteiger charge is -2.09. The summed E-state index contributed by atoms with van der Waals surface area (Å²) in [4.78, 5) is 25.2. The predicted octanol–water partition coefficient (Wildman–Crippen LogP) is 2.93. The first-order valence-electron chi connectivity index (χ1n) is 5.36. The van der Waals surface area contributed by atoms with Gasteiger partial charge in [-0.2, -0.15) is 0 Å². The van der Waals surface area contributed by atoms with Gasteiger partial charge in [-0.25, -0.2) is 9.59 Å². The van der Waals surface area contributed by atoms with E-state index in [2.05, 4.69) is 10.0 Å². The number of ether oxygens (including phenoxy) is 1. The fourth-order valence-electron chi connectivity index (χ4n) is 1.47. The van der Waals surface area contributed by atoms with Crippen LogP contribution in [0.3, 0.4) is 0 Å². The molecule has 0 saturated heterocycles. The van der Waals surface area contributed by atoms with Crippen LogP contribution in [-0.2, 0) is 20.9 Å². The molecule has 0 fully saturated rings. The van der Waals surface area contributed by atoms with Crippen molar-refractivity contribution in [3.05, 3.63) is 44.8 Å². The Bertz CT molecular complexity index is 588. The van der Waals surface area contributed by atoms with E-state index in [0.29, 0.717) is 10.6 Å². The number of hydrogen-bond acceptors (Lipinski definition) is 4. The zero-order chi connectivity index (χ0) is 14.3. The maximum atomic E-state index is 11.6. The SMILES string of the molecule is CCOC(=O)C(=C=O)c1cccc(Cl)c1CN=[N+]=[N-]. The van der Waals surface area contributed by atoms with Crippen molar-refractivity contribution in [2.24, 2.45) is 5.11 Å². The highest BCUT2D eigenvalue weighted by molar-refractivity contribution is 6.32. The van der Waals surface area contributed by atoms with E-state index in [4.69, 9.17) is 21.9 Å². The number of rotatable bonds is 5. The lowest BCUT2D eigenvalue weighted by molar-refractivity contribution is -0.135. The molecule has 0 N–H and O–H groups in total. The van der Waals surface area contributed by atoms with Crippen molar-refractivity contribution in [1.82, 2.24) is 0 Å². The molecule has 0 bridgehead atoms. The Balaban J connectivity index is 3.32. The fourth-order valence-corrected chi connectivity index (χ4v) is 1.70. The molecule has 0 aliphatic heterocycles. The number of halogens is 1. The van der Waals surface area contributed by atoms with E-state index in [-0.39, 0.29) is 24.3 Å². The molecule has 0 amide bonds. The highest BCUT2D eigenvalue weighted by Gasteiger charge is 2.19. The van der Waals surface area contributed by atoms with Crippen LogP contribution < -0.4 is 0 Å². The van der Waals surface area contributed by atoms with Crippen molar-refractivity contribution in [1.29, 1.82) is 0 Å². The Morgan fingerprint density at radius 3 is 2.89 bits per heavy atom. The van der Waals surface area contributed by atoms with Crippen LogP contribution in [-0.4, -0.2) is 18.5 Å². The van der Waals surface area contributed by atoms with Gasteiger partial charge in [-0.3, -0.25) is 0 Å². The van der Waals surface area contributed by atoms with E-state index >= 15 is 0 Å². The van der Waals surface area contributed by atoms with Crippen molar-refractivity contribution in [2.45, 2.75) is 13.5 Å². The molecule has 19 heavy (non-hydrogen) atoms. The third-order valence-electron chi connectivity index (χ3n) is 2.26. The monoisotopic (exact) mass is 279 g/mol. The first kappa shape index (κ1) is 14.8. The summed E-state index contributed by atoms with van der Waals surface area (Å²) in [5.41, 5.74) is 8.71. The summed E-state index contributed by atoms with van der Waals surface area (Å²) in [6.45, 7) is 1.69. The van der Waals surface area contributed by atoms with Gasteiger partial charge in [0.25, 0.3) is 0 Å². The Labute approximate surface area is 114 Å². The van der Waals surface area contributed by atoms with Gasteiger partial charge < -0.3 is 4.74 Å². The third-order valence-corrected chi connectivity index (χ3v) is 2.62. The maximum absolute atomic E-state index is 11.6. The molecule has 0 saturated carbocycles. The Morgan fingerprint density at radius 2 is 2.32 bits per heavy atom. The van der Waals surface area contributed by atoms with E-state index in [1.54, 1.807) is 25.0 Å². The van der Waals surface area contributed by atoms with Crippen molar-refractivity contribution in [2.75, 3.05) is 6.61 Å². The van der Waals surface area contributed by atoms with E-state index in [0.717, 1.165) is 0 Å². The molecule has 1 rings (SSSR count). The van der Waals surface area contributed by atoms with Crippen LogP contribution in [0.5, 0.6) is 0 Å². The number of benzene rings is 1. The first-order chi connectivity index (χ1) is 9.15. The molecule has 0 radical (unpaired) electrons. The number of carbonyl (C=O) groups excluding carboxylic acids is 2. The minimum atomic E-state index is -0.790. The second kappa shape index (κ2) is 7.24. The standard InChI is InChI=1S/C12H10ClN3O3/c1-2-19-12(18)10(7-17)8-4-3-5-11(13)9(8)6-15-16-14/h3-5H,2,6H2,1H3. The highest BCUT2D eigenvalue weighted by atomic mass is 35.5. The summed E-state index contributed by atoms with van der Waals surface area (Å²) >= 11 is 5.97. The summed E-state index contributed by atoms with van der Waals surface area (Å²) in [7, 11) is 0. The van der Waals surface area contributed by atoms with Crippen LogP contribution in [0.1, 0.15) is 18.1 Å². The molecule has 6 nitrogen and oxygen atoms in total. The summed E-state index contributed by atoms with van der Waals surface area (Å²) < 4.78 is 4.76. The number of nitrogens with zero attached hydrogens (tertiary/aromatic N) is 3. The smallest absolute Gasteiger partial charge is 0.350 e. The van der Waals surface area contributed by atoms with Crippen LogP contribution in [0, 0.1) is 0 Å². The largest absolute Gasteiger partial charge is 0.462 e. The van der Waals surface area contributed by atoms with Gasteiger partial charge in [0.2, 0.25) is 0 Å². The minimum absolute atomic E-state index is 0.0733. The van der Waals surface area contributed by atoms with Gasteiger partial charge in [-0.15, -0.1) is 0 Å². The molecule has 0 spiro atoms. The Morgan fingerprint density at radius 1 is 1.58 bits per heavy atom. The van der Waals surface area contributed by atoms with Crippen LogP contribution in [0.2, 0.25) is 5.02 Å². The van der Waals surface area contributed by atoms with Gasteiger partial charge in [0.1, 0.15) is 5.94 Å². The van der Waals surface area contributed by atoms with Crippen LogP contribution >= 0.6 is 11.6 Å². The van der Waals surface area contributed by atoms with E-state index in [1.165, 1.54) is 6.07 Å². The summed E-state index contributed by atoms with van der Waals surface area (Å²) in [5.74, 6) is 0.756. The second-order valence-electron chi connectivity index (χ2n) is 3.35. The van der Waals surface area contributed by atoms with Gasteiger partial charge in [0.15, 0.2) is 5.57 Å². The third kappa shape index (κ3) is 3.60. The number of carbonyl (C=O) groups is 1. The van der Waals surface area contributed by atoms with Gasteiger partial charge in [0, 0.05) is 15.5 Å². The maximum Gasteiger partial charge on any atom is 0.350 e. The normalized spacial score (nSPS) is 9.16. The number of hydrogen-bond donors (Lipinski definition) is 0. The first-order valence-corrected chi connectivity index (χ1v) is 5.74. The lowest BCUT2D eigenvalue weighted by atomic mass is 10.0. The molecule has 0 unspecified atom stereocenters. The zero-order valence-electron chi connectivity index (χ0n) is 10.1. The Kier molecular flexibility index (Phi) is 5.64. The average molecular weight is 280 g/mol. The van der Waals surface area contributed by atoms with Crippen LogP contribution in [0.15, 0.2) is 23.3 Å². The van der Waals surface area contributed by atoms with Gasteiger partial charge in [-0.1, -0.05) is 28.8 Å². The number of esters is 1. The molecule has 1 aromatic carbocycles. The predicted molar refractivity (Wildman–Crippen MR) is 70.0 cm³/mol. The summed E-state index contributed by atoms with van der Waals surface area (Å²) in [6, 6.07) is 4.67. The van der Waals surface area contributed by atoms with Gasteiger partial charge >= 0.3 is 5.97 Å². The van der Waals surface area contributed by atoms with Crippen molar-refractivity contribution < 1.29 is 14.3 Å². The molecule has 0 aliphatic rings. The van der Waals surface area contributed by atoms with Crippen molar-refractivity contribution in [3.63, 3.8) is 0 Å². The number of azide groups is 1. The summed E-state index contributed by atoms with van der Waals surface area (Å²) in [6.07, 6.45) is 0. The molecule has 0 heterocycles. The lowest BCUT2D eigenvalue weighted by Crippen LogP contribution is -2.09. The van der Waals surface area contributed by atoms with E-state index in [1.807, 2.05) is 0 Å². The molecular formula is C12H10ClN3O3. The molecule has 1 aromatic rings. The second-order valence-corrected chi connectivity index (χ2v) is 3.76.